The molecule has 0 atom stereocenters. The van der Waals surface area contributed by atoms with E-state index < -0.39 is 0 Å². The highest BCUT2D eigenvalue weighted by atomic mass is 19.1. The molecule has 0 fully saturated rings. The van der Waals surface area contributed by atoms with E-state index in [1.807, 2.05) is 24.6 Å². The van der Waals surface area contributed by atoms with E-state index in [1.54, 1.807) is 6.07 Å². The number of nitrogens with two attached hydrogens (primary N) is 1. The number of rotatable bonds is 2. The smallest absolute Gasteiger partial charge is 0.123 e. The zero-order valence-electron chi connectivity index (χ0n) is 9.37. The van der Waals surface area contributed by atoms with Crippen LogP contribution in [-0.4, -0.2) is 9.78 Å². The molecular weight excluding hydrogens is 205 g/mol. The van der Waals surface area contributed by atoms with Crippen LogP contribution in [0.5, 0.6) is 0 Å². The quantitative estimate of drug-likeness (QED) is 0.787. The van der Waals surface area contributed by atoms with E-state index in [-0.39, 0.29) is 5.82 Å². The topological polar surface area (TPSA) is 43.8 Å². The van der Waals surface area contributed by atoms with Gasteiger partial charge < -0.3 is 5.73 Å². The van der Waals surface area contributed by atoms with Crippen molar-refractivity contribution in [2.75, 3.05) is 5.73 Å². The van der Waals surface area contributed by atoms with Gasteiger partial charge in [0, 0.05) is 11.4 Å². The van der Waals surface area contributed by atoms with E-state index in [2.05, 4.69) is 5.10 Å². The molecule has 4 heteroatoms. The van der Waals surface area contributed by atoms with E-state index in [0.717, 1.165) is 17.0 Å². The summed E-state index contributed by atoms with van der Waals surface area (Å²) in [6.07, 6.45) is 0. The third-order valence-electron chi connectivity index (χ3n) is 2.53. The lowest BCUT2D eigenvalue weighted by atomic mass is 10.2. The summed E-state index contributed by atoms with van der Waals surface area (Å²) in [7, 11) is 0. The maximum Gasteiger partial charge on any atom is 0.123 e. The maximum absolute atomic E-state index is 13.1. The summed E-state index contributed by atoms with van der Waals surface area (Å²) in [5, 5.41) is 4.31. The van der Waals surface area contributed by atoms with E-state index in [4.69, 9.17) is 5.73 Å². The van der Waals surface area contributed by atoms with E-state index in [9.17, 15) is 4.39 Å². The SMILES string of the molecule is Cc1cc(C)n(Cc2cc(F)ccc2N)n1. The molecule has 0 spiro atoms. The van der Waals surface area contributed by atoms with Gasteiger partial charge in [0.05, 0.1) is 12.2 Å². The Kier molecular flexibility index (Phi) is 2.64. The maximum atomic E-state index is 13.1. The summed E-state index contributed by atoms with van der Waals surface area (Å²) in [5.74, 6) is -0.272. The van der Waals surface area contributed by atoms with Crippen molar-refractivity contribution in [1.82, 2.24) is 9.78 Å². The van der Waals surface area contributed by atoms with Crippen LogP contribution in [0, 0.1) is 19.7 Å². The van der Waals surface area contributed by atoms with Gasteiger partial charge in [-0.05, 0) is 43.7 Å². The van der Waals surface area contributed by atoms with Gasteiger partial charge >= 0.3 is 0 Å². The van der Waals surface area contributed by atoms with Gasteiger partial charge in [0.15, 0.2) is 0 Å². The van der Waals surface area contributed by atoms with Gasteiger partial charge in [0.1, 0.15) is 5.82 Å². The van der Waals surface area contributed by atoms with Crippen molar-refractivity contribution in [3.05, 3.63) is 47.0 Å². The van der Waals surface area contributed by atoms with Crippen molar-refractivity contribution in [2.24, 2.45) is 0 Å². The Morgan fingerprint density at radius 3 is 2.69 bits per heavy atom. The number of hydrogen-bond acceptors (Lipinski definition) is 2. The normalized spacial score (nSPS) is 10.7. The predicted octanol–water partition coefficient (Wildman–Crippen LogP) is 2.27. The van der Waals surface area contributed by atoms with Crippen LogP contribution in [0.3, 0.4) is 0 Å². The summed E-state index contributed by atoms with van der Waals surface area (Å²) >= 11 is 0. The molecule has 0 unspecified atom stereocenters. The molecule has 16 heavy (non-hydrogen) atoms. The number of aromatic nitrogens is 2. The molecule has 0 bridgehead atoms. The number of benzene rings is 1. The van der Waals surface area contributed by atoms with Gasteiger partial charge in [-0.15, -0.1) is 0 Å². The molecule has 84 valence electrons. The number of aryl methyl sites for hydroxylation is 2. The minimum atomic E-state index is -0.272. The molecule has 2 aromatic rings. The minimum absolute atomic E-state index is 0.272. The fourth-order valence-corrected chi connectivity index (χ4v) is 1.71. The number of hydrogen-bond donors (Lipinski definition) is 1. The molecule has 1 aromatic carbocycles. The van der Waals surface area contributed by atoms with Gasteiger partial charge in [-0.3, -0.25) is 4.68 Å². The highest BCUT2D eigenvalue weighted by Gasteiger charge is 2.05. The first kappa shape index (κ1) is 10.7. The van der Waals surface area contributed by atoms with E-state index >= 15 is 0 Å². The minimum Gasteiger partial charge on any atom is -0.398 e. The largest absolute Gasteiger partial charge is 0.398 e. The molecule has 1 heterocycles. The van der Waals surface area contributed by atoms with Gasteiger partial charge in [0.2, 0.25) is 0 Å². The van der Waals surface area contributed by atoms with Crippen LogP contribution in [-0.2, 0) is 6.54 Å². The summed E-state index contributed by atoms with van der Waals surface area (Å²) in [6, 6.07) is 6.37. The standard InChI is InChI=1S/C12H14FN3/c1-8-5-9(2)16(15-8)7-10-6-11(13)3-4-12(10)14/h3-6H,7,14H2,1-2H3. The van der Waals surface area contributed by atoms with Gasteiger partial charge in [-0.2, -0.15) is 5.10 Å². The number of anilines is 1. The Morgan fingerprint density at radius 2 is 2.06 bits per heavy atom. The van der Waals surface area contributed by atoms with Gasteiger partial charge in [-0.1, -0.05) is 0 Å². The average molecular weight is 219 g/mol. The molecule has 0 radical (unpaired) electrons. The molecule has 0 amide bonds. The second kappa shape index (κ2) is 3.96. The Labute approximate surface area is 93.7 Å². The summed E-state index contributed by atoms with van der Waals surface area (Å²) in [5.41, 5.74) is 9.13. The van der Waals surface area contributed by atoms with Gasteiger partial charge in [-0.25, -0.2) is 4.39 Å². The first-order chi connectivity index (χ1) is 7.56. The molecule has 2 N–H and O–H groups in total. The summed E-state index contributed by atoms with van der Waals surface area (Å²) in [6.45, 7) is 4.40. The second-order valence-electron chi connectivity index (χ2n) is 3.93. The van der Waals surface area contributed by atoms with Crippen molar-refractivity contribution in [3.8, 4) is 0 Å². The molecule has 0 saturated heterocycles. The molecule has 0 aliphatic heterocycles. The molecular formula is C12H14FN3. The lowest BCUT2D eigenvalue weighted by Crippen LogP contribution is -2.06. The van der Waals surface area contributed by atoms with Crippen molar-refractivity contribution in [3.63, 3.8) is 0 Å². The second-order valence-corrected chi connectivity index (χ2v) is 3.93. The average Bonchev–Trinajstić information content (AvgIpc) is 2.51. The summed E-state index contributed by atoms with van der Waals surface area (Å²) < 4.78 is 14.9. The zero-order chi connectivity index (χ0) is 11.7. The fraction of sp³-hybridized carbons (Fsp3) is 0.250. The number of nitrogen functional groups attached to an aromatic ring is 1. The van der Waals surface area contributed by atoms with Gasteiger partial charge in [0.25, 0.3) is 0 Å². The molecule has 0 aliphatic carbocycles. The van der Waals surface area contributed by atoms with Crippen molar-refractivity contribution < 1.29 is 4.39 Å². The first-order valence-corrected chi connectivity index (χ1v) is 5.11. The molecule has 0 aliphatic rings. The molecule has 2 rings (SSSR count). The highest BCUT2D eigenvalue weighted by molar-refractivity contribution is 5.46. The Balaban J connectivity index is 2.33. The van der Waals surface area contributed by atoms with Crippen LogP contribution in [0.15, 0.2) is 24.3 Å². The Bertz CT molecular complexity index is 517. The van der Waals surface area contributed by atoms with E-state index in [1.165, 1.54) is 12.1 Å². The molecule has 0 saturated carbocycles. The predicted molar refractivity (Wildman–Crippen MR) is 61.6 cm³/mol. The third-order valence-corrected chi connectivity index (χ3v) is 2.53. The zero-order valence-corrected chi connectivity index (χ0v) is 9.37. The highest BCUT2D eigenvalue weighted by Crippen LogP contribution is 2.15. The monoisotopic (exact) mass is 219 g/mol. The van der Waals surface area contributed by atoms with Crippen molar-refractivity contribution >= 4 is 5.69 Å². The first-order valence-electron chi connectivity index (χ1n) is 5.11. The Morgan fingerprint density at radius 1 is 1.31 bits per heavy atom. The van der Waals surface area contributed by atoms with E-state index in [0.29, 0.717) is 12.2 Å². The third kappa shape index (κ3) is 2.05. The van der Waals surface area contributed by atoms with Crippen molar-refractivity contribution in [2.45, 2.75) is 20.4 Å². The van der Waals surface area contributed by atoms with Crippen LogP contribution < -0.4 is 5.73 Å². The van der Waals surface area contributed by atoms with Crippen LogP contribution in [0.4, 0.5) is 10.1 Å². The lowest BCUT2D eigenvalue weighted by Gasteiger charge is -2.07. The van der Waals surface area contributed by atoms with Crippen LogP contribution in [0.25, 0.3) is 0 Å². The van der Waals surface area contributed by atoms with Crippen LogP contribution >= 0.6 is 0 Å². The van der Waals surface area contributed by atoms with Crippen LogP contribution in [0.1, 0.15) is 17.0 Å². The summed E-state index contributed by atoms with van der Waals surface area (Å²) in [4.78, 5) is 0. The molecule has 3 nitrogen and oxygen atoms in total. The van der Waals surface area contributed by atoms with Crippen molar-refractivity contribution in [1.29, 1.82) is 0 Å². The van der Waals surface area contributed by atoms with Crippen LogP contribution in [0.2, 0.25) is 0 Å². The lowest BCUT2D eigenvalue weighted by molar-refractivity contribution is 0.616. The number of nitrogens with zero attached hydrogens (tertiary/aromatic N) is 2. The fourth-order valence-electron chi connectivity index (χ4n) is 1.71. The molecule has 1 aromatic heterocycles. The Hall–Kier alpha value is -1.84. The number of halogens is 1.